The predicted molar refractivity (Wildman–Crippen MR) is 388 cm³/mol. The molecular formula is C70H94BrClN8O19. The van der Waals surface area contributed by atoms with Crippen LogP contribution in [0.2, 0.25) is 0 Å². The van der Waals surface area contributed by atoms with Crippen molar-refractivity contribution in [1.29, 1.82) is 0 Å². The van der Waals surface area contributed by atoms with Crippen LogP contribution < -0.4 is 44.5 Å². The second-order valence-electron chi connectivity index (χ2n) is 22.3. The quantitative estimate of drug-likeness (QED) is 0.00754. The number of methoxy groups -OCH3 is 3. The Labute approximate surface area is 589 Å². The van der Waals surface area contributed by atoms with E-state index in [4.69, 9.17) is 47.3 Å². The summed E-state index contributed by atoms with van der Waals surface area (Å²) in [5, 5.41) is 31.1. The fourth-order valence-corrected chi connectivity index (χ4v) is 8.92. The van der Waals surface area contributed by atoms with Gasteiger partial charge in [0.15, 0.2) is 0 Å². The summed E-state index contributed by atoms with van der Waals surface area (Å²) < 4.78 is 35.1. The summed E-state index contributed by atoms with van der Waals surface area (Å²) in [5.41, 5.74) is 12.2. The van der Waals surface area contributed by atoms with Crippen molar-refractivity contribution >= 4 is 114 Å². The van der Waals surface area contributed by atoms with Gasteiger partial charge in [0, 0.05) is 98.3 Å². The SMILES string of the molecule is CC(C)(C)OC(=O)CCCCBr.CO.COC(=O)c1ccc2cc[nH]c(=O)c2c1.COC(=O)c1ccc2ccn(CCCN)c(=O)c2c1.COC(=O)c1ccc2ccn(CCCNC(=O)OC(C)(C)C)c(=O)c2c1.Cl.NCCCn1ccc2ccc(C(=O)NO)cc2c1=O.O=CO.[2H]CC. The fourth-order valence-electron chi connectivity index (χ4n) is 8.52. The number of esters is 4. The number of aryl methyl sites for hydroxylation is 3. The predicted octanol–water partition coefficient (Wildman–Crippen LogP) is 9.27. The van der Waals surface area contributed by atoms with Crippen LogP contribution in [0.5, 0.6) is 0 Å². The van der Waals surface area contributed by atoms with E-state index in [1.165, 1.54) is 33.5 Å². The van der Waals surface area contributed by atoms with Crippen LogP contribution in [0.25, 0.3) is 43.1 Å². The number of pyridine rings is 4. The van der Waals surface area contributed by atoms with Crippen LogP contribution in [0.1, 0.15) is 137 Å². The number of aromatic nitrogens is 4. The molecule has 542 valence electrons. The Morgan fingerprint density at radius 1 is 0.576 bits per heavy atom. The number of fused-ring (bicyclic) bond motifs is 4. The molecular weight excluding hydrogens is 1370 g/mol. The zero-order valence-corrected chi connectivity index (χ0v) is 60.1. The first kappa shape index (κ1) is 87.4. The van der Waals surface area contributed by atoms with Crippen LogP contribution in [0.4, 0.5) is 4.79 Å². The maximum absolute atomic E-state index is 12.6. The summed E-state index contributed by atoms with van der Waals surface area (Å²) in [6.45, 7) is 16.1. The number of aliphatic hydroxyl groups excluding tert-OH is 1. The molecule has 4 aromatic carbocycles. The van der Waals surface area contributed by atoms with Gasteiger partial charge in [0.25, 0.3) is 34.6 Å². The Morgan fingerprint density at radius 2 is 0.929 bits per heavy atom. The number of benzene rings is 4. The average Bonchev–Trinajstić information content (AvgIpc) is 0.824. The van der Waals surface area contributed by atoms with Gasteiger partial charge in [0.05, 0.1) is 38.0 Å². The number of halogens is 2. The standard InChI is InChI=1S/C19H24N2O5.C14H16N2O3.C13H15N3O3.C11H9NO3.C9H17BrO2.C2H6.CH2O2.CH4O.ClH/c1-19(2,3)26-18(24)20-9-5-10-21-11-8-13-6-7-14(17(23)25-4)12-15(13)16(21)22;1-19-14(18)11-4-3-10-5-8-16(7-2-6-15)13(17)12(10)9-11;14-5-1-6-16-7-4-9-2-3-10(12(17)15-19)8-11(9)13(16)18;1-15-11(14)8-3-2-7-4-5-12-10(13)9(7)6-8;1-9(2,3)12-8(11)6-4-5-7-10;1-2;2-1-3;1-2;/h6-8,11-12H,5,9-10H2,1-4H3,(H,20,24);3-5,8-9H,2,6-7,15H2,1H3;2-4,7-8,19H,1,5-6,14H2,(H,15,17);2-6H,1H3,(H,12,13);4-7H2,1-3H3;1-2H3;1H,(H,2,3);2H,1H3;1H/i;;;;;1D;;;. The van der Waals surface area contributed by atoms with Gasteiger partial charge in [0.1, 0.15) is 11.2 Å². The summed E-state index contributed by atoms with van der Waals surface area (Å²) in [5.74, 6) is -2.11. The number of nitrogens with two attached hydrogens (primary N) is 2. The number of amides is 2. The zero-order valence-electron chi connectivity index (χ0n) is 58.7. The first-order valence-electron chi connectivity index (χ1n) is 31.4. The number of carboxylic acid groups (broad SMARTS) is 1. The molecule has 8 aromatic rings. The number of alkyl halides is 1. The first-order chi connectivity index (χ1) is 47.0. The highest BCUT2D eigenvalue weighted by atomic mass is 79.9. The number of rotatable bonds is 18. The van der Waals surface area contributed by atoms with Crippen LogP contribution in [0.3, 0.4) is 0 Å². The molecule has 99 heavy (non-hydrogen) atoms. The third-order valence-corrected chi connectivity index (χ3v) is 13.5. The first-order valence-corrected chi connectivity index (χ1v) is 31.9. The fraction of sp³-hybridized carbons (Fsp3) is 0.386. The van der Waals surface area contributed by atoms with Crippen molar-refractivity contribution in [2.75, 3.05) is 53.4 Å². The summed E-state index contributed by atoms with van der Waals surface area (Å²) >= 11 is 3.31. The van der Waals surface area contributed by atoms with Crippen molar-refractivity contribution in [3.05, 3.63) is 186 Å². The van der Waals surface area contributed by atoms with E-state index in [2.05, 4.69) is 35.7 Å². The van der Waals surface area contributed by atoms with E-state index in [9.17, 15) is 47.9 Å². The Kier molecular flexibility index (Phi) is 41.8. The molecule has 29 heteroatoms. The lowest BCUT2D eigenvalue weighted by Crippen LogP contribution is -2.33. The Balaban J connectivity index is 0.00000121. The molecule has 0 saturated carbocycles. The molecule has 0 aliphatic rings. The molecule has 4 aromatic heterocycles. The molecule has 27 nitrogen and oxygen atoms in total. The van der Waals surface area contributed by atoms with Crippen LogP contribution >= 0.6 is 28.3 Å². The monoisotopic (exact) mass is 1470 g/mol. The van der Waals surface area contributed by atoms with Gasteiger partial charge in [-0.25, -0.2) is 24.7 Å². The van der Waals surface area contributed by atoms with E-state index in [0.717, 1.165) is 53.2 Å². The molecule has 0 atom stereocenters. The number of nitrogens with zero attached hydrogens (tertiary/aromatic N) is 3. The van der Waals surface area contributed by atoms with Gasteiger partial charge in [-0.15, -0.1) is 12.4 Å². The van der Waals surface area contributed by atoms with Crippen LogP contribution in [0, 0.1) is 0 Å². The van der Waals surface area contributed by atoms with E-state index < -0.39 is 35.5 Å². The third kappa shape index (κ3) is 31.2. The lowest BCUT2D eigenvalue weighted by Gasteiger charge is -2.19. The van der Waals surface area contributed by atoms with E-state index in [-0.39, 0.29) is 58.3 Å². The number of ether oxygens (including phenoxy) is 5. The Morgan fingerprint density at radius 3 is 1.28 bits per heavy atom. The van der Waals surface area contributed by atoms with Gasteiger partial charge in [0.2, 0.25) is 0 Å². The van der Waals surface area contributed by atoms with Crippen molar-refractivity contribution in [2.45, 2.75) is 125 Å². The van der Waals surface area contributed by atoms with Gasteiger partial charge < -0.3 is 69.4 Å². The van der Waals surface area contributed by atoms with Crippen molar-refractivity contribution in [3.63, 3.8) is 0 Å². The van der Waals surface area contributed by atoms with Crippen molar-refractivity contribution in [2.24, 2.45) is 11.5 Å². The zero-order chi connectivity index (χ0) is 74.8. The molecule has 8 rings (SSSR count). The molecule has 0 unspecified atom stereocenters. The van der Waals surface area contributed by atoms with Crippen LogP contribution in [0.15, 0.2) is 141 Å². The second kappa shape index (κ2) is 47.4. The molecule has 0 saturated heterocycles. The minimum Gasteiger partial charge on any atom is -0.483 e. The minimum absolute atomic E-state index is 0. The molecule has 0 spiro atoms. The van der Waals surface area contributed by atoms with Gasteiger partial charge in [-0.3, -0.25) is 38.8 Å². The highest BCUT2D eigenvalue weighted by Crippen LogP contribution is 2.18. The van der Waals surface area contributed by atoms with Gasteiger partial charge >= 0.3 is 30.0 Å². The smallest absolute Gasteiger partial charge is 0.407 e. The molecule has 0 radical (unpaired) electrons. The molecule has 2 amide bonds. The Bertz CT molecular complexity index is 4030. The number of aromatic amines is 1. The maximum atomic E-state index is 12.6. The van der Waals surface area contributed by atoms with Crippen molar-refractivity contribution in [3.8, 4) is 0 Å². The van der Waals surface area contributed by atoms with Gasteiger partial charge in [-0.2, -0.15) is 0 Å². The number of unbranched alkanes of at least 4 members (excludes halogenated alkanes) is 1. The summed E-state index contributed by atoms with van der Waals surface area (Å²) in [6.07, 6.45) is 10.7. The van der Waals surface area contributed by atoms with E-state index >= 15 is 0 Å². The highest BCUT2D eigenvalue weighted by molar-refractivity contribution is 9.09. The molecule has 0 fully saturated rings. The number of carbonyl (C=O) groups excluding carboxylic acids is 6. The molecule has 0 aliphatic heterocycles. The maximum Gasteiger partial charge on any atom is 0.407 e. The number of nitrogens with one attached hydrogen (secondary N) is 3. The number of alkyl carbamates (subject to hydrolysis) is 1. The lowest BCUT2D eigenvalue weighted by molar-refractivity contribution is -0.154. The summed E-state index contributed by atoms with van der Waals surface area (Å²) in [4.78, 5) is 128. The van der Waals surface area contributed by atoms with E-state index in [1.54, 1.807) is 138 Å². The Hall–Kier alpha value is -9.58. The lowest BCUT2D eigenvalue weighted by atomic mass is 10.1. The largest absolute Gasteiger partial charge is 0.483 e. The molecule has 0 bridgehead atoms. The number of hydroxylamine groups is 1. The third-order valence-electron chi connectivity index (χ3n) is 13.0. The van der Waals surface area contributed by atoms with Crippen LogP contribution in [-0.2, 0) is 52.9 Å². The molecule has 4 heterocycles. The minimum atomic E-state index is -0.640. The van der Waals surface area contributed by atoms with Crippen LogP contribution in [-0.4, -0.2) is 141 Å². The number of aliphatic hydroxyl groups is 1. The van der Waals surface area contributed by atoms with E-state index in [1.807, 2.05) is 39.0 Å². The second-order valence-corrected chi connectivity index (χ2v) is 23.1. The normalized spacial score (nSPS) is 10.3. The summed E-state index contributed by atoms with van der Waals surface area (Å²) in [6, 6.07) is 26.7. The molecule has 10 N–H and O–H groups in total. The van der Waals surface area contributed by atoms with E-state index in [0.29, 0.717) is 104 Å². The van der Waals surface area contributed by atoms with Gasteiger partial charge in [-0.1, -0.05) is 54.0 Å². The van der Waals surface area contributed by atoms with Gasteiger partial charge in [-0.05, 0) is 181 Å². The summed E-state index contributed by atoms with van der Waals surface area (Å²) in [7, 11) is 4.92. The number of carbonyl (C=O) groups is 7. The average molecular weight is 1470 g/mol. The van der Waals surface area contributed by atoms with Crippen molar-refractivity contribution in [1.82, 2.24) is 29.5 Å². The number of H-pyrrole nitrogens is 1. The topological polar surface area (TPSA) is 401 Å². The van der Waals surface area contributed by atoms with Crippen molar-refractivity contribution < 1.29 is 74.0 Å². The highest BCUT2D eigenvalue weighted by Gasteiger charge is 2.18. The number of hydrogen-bond donors (Lipinski definition) is 8. The number of hydrogen-bond acceptors (Lipinski definition) is 20. The molecule has 0 aliphatic carbocycles.